The topological polar surface area (TPSA) is 121 Å². The number of benzene rings is 2. The van der Waals surface area contributed by atoms with Crippen LogP contribution in [0, 0.1) is 0 Å². The van der Waals surface area contributed by atoms with Crippen LogP contribution in [0.3, 0.4) is 0 Å². The van der Waals surface area contributed by atoms with E-state index in [1.807, 2.05) is 24.3 Å². The molecule has 10 nitrogen and oxygen atoms in total. The minimum Gasteiger partial charge on any atom is -0.493 e. The van der Waals surface area contributed by atoms with Crippen LogP contribution in [-0.2, 0) is 22.3 Å². The summed E-state index contributed by atoms with van der Waals surface area (Å²) < 4.78 is 93.9. The molecule has 2 N–H and O–H groups in total. The Morgan fingerprint density at radius 1 is 0.655 bits per heavy atom. The Morgan fingerprint density at radius 2 is 1.07 bits per heavy atom. The number of alkyl halides is 6. The van der Waals surface area contributed by atoms with Gasteiger partial charge in [0.15, 0.2) is 0 Å². The van der Waals surface area contributed by atoms with Crippen molar-refractivity contribution in [3.05, 3.63) is 107 Å². The minimum absolute atomic E-state index is 0.216. The fourth-order valence-corrected chi connectivity index (χ4v) is 7.07. The molecule has 4 aromatic rings. The highest BCUT2D eigenvalue weighted by molar-refractivity contribution is 5.95. The molecule has 312 valence electrons. The molecule has 2 aromatic carbocycles. The maximum atomic E-state index is 12.3. The number of methoxy groups -OCH3 is 2. The second-order valence-corrected chi connectivity index (χ2v) is 13.9. The van der Waals surface area contributed by atoms with Gasteiger partial charge < -0.3 is 29.6 Å². The fourth-order valence-electron chi connectivity index (χ4n) is 7.07. The van der Waals surface area contributed by atoms with Crippen LogP contribution in [-0.4, -0.2) is 74.8 Å². The van der Waals surface area contributed by atoms with Crippen molar-refractivity contribution >= 4 is 23.3 Å². The number of halogens is 6. The van der Waals surface area contributed by atoms with Gasteiger partial charge in [-0.05, 0) is 97.2 Å². The van der Waals surface area contributed by atoms with Crippen LogP contribution in [0.4, 0.5) is 37.7 Å². The SMILES string of the molecule is COC(=O)c1ccncc1NC[C@@H]1CCCc2cc(OCCC(F)(F)F)ccc21.COC(=O)c1ccncc1NC[C@H]1CCCc2cc(OCCC(F)(F)F)ccc21. The second kappa shape index (κ2) is 20.2. The Kier molecular flexibility index (Phi) is 15.2. The first-order valence-electron chi connectivity index (χ1n) is 18.9. The van der Waals surface area contributed by atoms with Crippen LogP contribution < -0.4 is 20.1 Å². The zero-order valence-electron chi connectivity index (χ0n) is 32.2. The van der Waals surface area contributed by atoms with E-state index in [1.54, 1.807) is 36.7 Å². The lowest BCUT2D eigenvalue weighted by Crippen LogP contribution is -2.19. The Labute approximate surface area is 332 Å². The van der Waals surface area contributed by atoms with E-state index in [2.05, 4.69) is 20.6 Å². The molecule has 0 unspecified atom stereocenters. The first kappa shape index (κ1) is 43.6. The van der Waals surface area contributed by atoms with Crippen molar-refractivity contribution in [1.82, 2.24) is 9.97 Å². The summed E-state index contributed by atoms with van der Waals surface area (Å²) in [7, 11) is 2.66. The lowest BCUT2D eigenvalue weighted by atomic mass is 9.82. The number of nitrogens with zero attached hydrogens (tertiary/aromatic N) is 2. The highest BCUT2D eigenvalue weighted by Gasteiger charge is 2.28. The van der Waals surface area contributed by atoms with Crippen LogP contribution in [0.1, 0.15) is 93.3 Å². The number of aryl methyl sites for hydroxylation is 2. The molecule has 0 aliphatic heterocycles. The third-order valence-corrected chi connectivity index (χ3v) is 9.95. The number of pyridine rings is 2. The lowest BCUT2D eigenvalue weighted by molar-refractivity contribution is -0.140. The Bertz CT molecular complexity index is 1850. The molecular weight excluding hydrogens is 770 g/mol. The molecule has 2 heterocycles. The van der Waals surface area contributed by atoms with Crippen LogP contribution in [0.5, 0.6) is 11.5 Å². The third kappa shape index (κ3) is 12.7. The number of hydrogen-bond donors (Lipinski definition) is 2. The van der Waals surface area contributed by atoms with Crippen molar-refractivity contribution in [3.8, 4) is 11.5 Å². The predicted molar refractivity (Wildman–Crippen MR) is 205 cm³/mol. The third-order valence-electron chi connectivity index (χ3n) is 9.95. The molecule has 0 amide bonds. The normalized spacial score (nSPS) is 16.1. The van der Waals surface area contributed by atoms with Gasteiger partial charge in [0.25, 0.3) is 0 Å². The molecule has 0 fully saturated rings. The number of aromatic nitrogens is 2. The Balaban J connectivity index is 0.000000221. The number of hydrogen-bond acceptors (Lipinski definition) is 10. The van der Waals surface area contributed by atoms with Gasteiger partial charge in [0.2, 0.25) is 0 Å². The second-order valence-electron chi connectivity index (χ2n) is 13.9. The molecule has 2 aliphatic rings. The van der Waals surface area contributed by atoms with Crippen LogP contribution in [0.25, 0.3) is 0 Å². The number of esters is 2. The van der Waals surface area contributed by atoms with E-state index in [9.17, 15) is 35.9 Å². The maximum absolute atomic E-state index is 12.3. The van der Waals surface area contributed by atoms with E-state index >= 15 is 0 Å². The van der Waals surface area contributed by atoms with E-state index in [-0.39, 0.29) is 25.0 Å². The number of rotatable bonds is 14. The van der Waals surface area contributed by atoms with Gasteiger partial charge in [-0.2, -0.15) is 26.3 Å². The lowest BCUT2D eigenvalue weighted by Gasteiger charge is -2.27. The average Bonchev–Trinajstić information content (AvgIpc) is 3.21. The molecule has 0 spiro atoms. The van der Waals surface area contributed by atoms with Gasteiger partial charge in [-0.15, -0.1) is 0 Å². The van der Waals surface area contributed by atoms with E-state index < -0.39 is 37.1 Å². The number of anilines is 2. The summed E-state index contributed by atoms with van der Waals surface area (Å²) in [6.07, 6.45) is 1.50. The molecular formula is C42H46F6N4O6. The minimum atomic E-state index is -4.22. The number of ether oxygens (including phenoxy) is 4. The van der Waals surface area contributed by atoms with Crippen molar-refractivity contribution in [2.24, 2.45) is 0 Å². The van der Waals surface area contributed by atoms with Crippen LogP contribution >= 0.6 is 0 Å². The van der Waals surface area contributed by atoms with Crippen molar-refractivity contribution in [3.63, 3.8) is 0 Å². The molecule has 0 saturated carbocycles. The van der Waals surface area contributed by atoms with Crippen LogP contribution in [0.2, 0.25) is 0 Å². The van der Waals surface area contributed by atoms with Gasteiger partial charge in [-0.1, -0.05) is 12.1 Å². The highest BCUT2D eigenvalue weighted by atomic mass is 19.4. The summed E-state index contributed by atoms with van der Waals surface area (Å²) in [6.45, 7) is 0.448. The van der Waals surface area contributed by atoms with Crippen LogP contribution in [0.15, 0.2) is 73.3 Å². The van der Waals surface area contributed by atoms with Gasteiger partial charge >= 0.3 is 24.3 Å². The summed E-state index contributed by atoms with van der Waals surface area (Å²) in [5, 5.41) is 6.57. The highest BCUT2D eigenvalue weighted by Crippen LogP contribution is 2.36. The zero-order chi connectivity index (χ0) is 41.7. The summed E-state index contributed by atoms with van der Waals surface area (Å²) in [5.74, 6) is 0.491. The number of nitrogens with one attached hydrogen (secondary N) is 2. The number of carbonyl (C=O) groups excluding carboxylic acids is 2. The molecule has 2 aromatic heterocycles. The zero-order valence-corrected chi connectivity index (χ0v) is 32.2. The van der Waals surface area contributed by atoms with Gasteiger partial charge in [-0.3, -0.25) is 9.97 Å². The fraction of sp³-hybridized carbons (Fsp3) is 0.429. The van der Waals surface area contributed by atoms with Gasteiger partial charge in [-0.25, -0.2) is 9.59 Å². The standard InChI is InChI=1S/2C21H23F3N2O3/c2*1-28-20(27)18-7-9-25-13-19(18)26-12-15-4-2-3-14-11-16(5-6-17(14)15)29-10-8-21(22,23)24/h2*5-7,9,11,13,15,26H,2-4,8,10,12H2,1H3/t2*15-/m10/s1. The smallest absolute Gasteiger partial charge is 0.392 e. The summed E-state index contributed by atoms with van der Waals surface area (Å²) >= 11 is 0. The van der Waals surface area contributed by atoms with E-state index in [1.165, 1.54) is 26.6 Å². The molecule has 2 atom stereocenters. The van der Waals surface area contributed by atoms with Gasteiger partial charge in [0, 0.05) is 37.3 Å². The summed E-state index contributed by atoms with van der Waals surface area (Å²) in [6, 6.07) is 14.2. The predicted octanol–water partition coefficient (Wildman–Crippen LogP) is 9.46. The summed E-state index contributed by atoms with van der Waals surface area (Å²) in [5.41, 5.74) is 6.54. The molecule has 58 heavy (non-hydrogen) atoms. The average molecular weight is 817 g/mol. The first-order chi connectivity index (χ1) is 27.7. The Morgan fingerprint density at radius 3 is 1.45 bits per heavy atom. The van der Waals surface area contributed by atoms with Crippen molar-refractivity contribution < 1.29 is 54.9 Å². The quantitative estimate of drug-likeness (QED) is 0.0941. The largest absolute Gasteiger partial charge is 0.493 e. The van der Waals surface area contributed by atoms with Crippen molar-refractivity contribution in [2.75, 3.05) is 51.2 Å². The van der Waals surface area contributed by atoms with E-state index in [0.29, 0.717) is 47.1 Å². The van der Waals surface area contributed by atoms with Crippen molar-refractivity contribution in [1.29, 1.82) is 0 Å². The maximum Gasteiger partial charge on any atom is 0.392 e. The molecule has 0 bridgehead atoms. The Hall–Kier alpha value is -5.54. The van der Waals surface area contributed by atoms with E-state index in [4.69, 9.17) is 18.9 Å². The monoisotopic (exact) mass is 816 g/mol. The first-order valence-corrected chi connectivity index (χ1v) is 18.9. The molecule has 6 rings (SSSR count). The van der Waals surface area contributed by atoms with Gasteiger partial charge in [0.1, 0.15) is 11.5 Å². The van der Waals surface area contributed by atoms with E-state index in [0.717, 1.165) is 60.8 Å². The summed E-state index contributed by atoms with van der Waals surface area (Å²) in [4.78, 5) is 31.9. The van der Waals surface area contributed by atoms with Gasteiger partial charge in [0.05, 0.1) is 75.2 Å². The molecule has 2 aliphatic carbocycles. The number of fused-ring (bicyclic) bond motifs is 2. The van der Waals surface area contributed by atoms with Crippen molar-refractivity contribution in [2.45, 2.75) is 75.6 Å². The molecule has 0 radical (unpaired) electrons. The molecule has 0 saturated heterocycles. The molecule has 16 heteroatoms. The number of carbonyl (C=O) groups is 2.